The van der Waals surface area contributed by atoms with Crippen molar-refractivity contribution in [3.05, 3.63) is 71.6 Å². The van der Waals surface area contributed by atoms with Crippen LogP contribution in [0.4, 0.5) is 0 Å². The van der Waals surface area contributed by atoms with E-state index in [1.54, 1.807) is 5.57 Å². The van der Waals surface area contributed by atoms with Gasteiger partial charge in [-0.15, -0.1) is 0 Å². The maximum Gasteiger partial charge on any atom is 0.337 e. The predicted octanol–water partition coefficient (Wildman–Crippen LogP) is 3.41. The SMILES string of the molecule is COC(=O)c1ccc(CN2C=CC3C2=NC=CC3C2=CC3CCC(C2)N3)cc1. The number of esters is 1. The van der Waals surface area contributed by atoms with Gasteiger partial charge in [-0.25, -0.2) is 9.79 Å². The van der Waals surface area contributed by atoms with Gasteiger partial charge in [-0.05, 0) is 37.0 Å². The summed E-state index contributed by atoms with van der Waals surface area (Å²) < 4.78 is 4.77. The highest BCUT2D eigenvalue weighted by atomic mass is 16.5. The lowest BCUT2D eigenvalue weighted by Gasteiger charge is -2.32. The summed E-state index contributed by atoms with van der Waals surface area (Å²) in [5.41, 5.74) is 3.28. The molecule has 0 spiro atoms. The van der Waals surface area contributed by atoms with E-state index in [1.807, 2.05) is 30.5 Å². The molecule has 1 aromatic carbocycles. The van der Waals surface area contributed by atoms with Crippen LogP contribution in [-0.2, 0) is 11.3 Å². The van der Waals surface area contributed by atoms with E-state index in [4.69, 9.17) is 9.73 Å². The summed E-state index contributed by atoms with van der Waals surface area (Å²) >= 11 is 0. The number of benzene rings is 1. The van der Waals surface area contributed by atoms with E-state index in [9.17, 15) is 4.79 Å². The van der Waals surface area contributed by atoms with E-state index in [0.717, 1.165) is 24.4 Å². The molecule has 2 bridgehead atoms. The van der Waals surface area contributed by atoms with Crippen LogP contribution >= 0.6 is 0 Å². The Labute approximate surface area is 165 Å². The van der Waals surface area contributed by atoms with Crippen LogP contribution in [0.5, 0.6) is 0 Å². The second kappa shape index (κ2) is 7.06. The van der Waals surface area contributed by atoms with Crippen LogP contribution < -0.4 is 5.32 Å². The lowest BCUT2D eigenvalue weighted by atomic mass is 9.80. The average molecular weight is 375 g/mol. The molecule has 4 atom stereocenters. The fourth-order valence-corrected chi connectivity index (χ4v) is 4.87. The quantitative estimate of drug-likeness (QED) is 0.647. The van der Waals surface area contributed by atoms with Crippen molar-refractivity contribution in [1.82, 2.24) is 10.2 Å². The molecule has 144 valence electrons. The number of carbonyl (C=O) groups is 1. The molecule has 0 saturated carbocycles. The van der Waals surface area contributed by atoms with E-state index < -0.39 is 0 Å². The van der Waals surface area contributed by atoms with E-state index in [-0.39, 0.29) is 5.97 Å². The summed E-state index contributed by atoms with van der Waals surface area (Å²) in [6.07, 6.45) is 14.9. The Morgan fingerprint density at radius 3 is 2.86 bits per heavy atom. The van der Waals surface area contributed by atoms with E-state index >= 15 is 0 Å². The maximum absolute atomic E-state index is 11.6. The number of rotatable bonds is 4. The fraction of sp³-hybridized carbons (Fsp3) is 0.391. The minimum Gasteiger partial charge on any atom is -0.465 e. The van der Waals surface area contributed by atoms with Gasteiger partial charge < -0.3 is 15.0 Å². The van der Waals surface area contributed by atoms with Crippen molar-refractivity contribution in [1.29, 1.82) is 0 Å². The first kappa shape index (κ1) is 17.4. The average Bonchev–Trinajstić information content (AvgIpc) is 3.30. The van der Waals surface area contributed by atoms with E-state index in [2.05, 4.69) is 34.6 Å². The highest BCUT2D eigenvalue weighted by Crippen LogP contribution is 2.39. The van der Waals surface area contributed by atoms with Crippen molar-refractivity contribution in [3.8, 4) is 0 Å². The summed E-state index contributed by atoms with van der Waals surface area (Å²) in [4.78, 5) is 18.5. The molecule has 1 fully saturated rings. The number of fused-ring (bicyclic) bond motifs is 3. The minimum atomic E-state index is -0.304. The number of ether oxygens (including phenoxy) is 1. The lowest BCUT2D eigenvalue weighted by Crippen LogP contribution is -2.37. The summed E-state index contributed by atoms with van der Waals surface area (Å²) in [5, 5.41) is 3.69. The molecule has 1 aromatic rings. The van der Waals surface area contributed by atoms with Crippen LogP contribution in [0.3, 0.4) is 0 Å². The number of carbonyl (C=O) groups excluding carboxylic acids is 1. The first-order chi connectivity index (χ1) is 13.7. The first-order valence-electron chi connectivity index (χ1n) is 10.0. The molecule has 4 aliphatic heterocycles. The molecule has 0 aliphatic carbocycles. The van der Waals surface area contributed by atoms with Gasteiger partial charge in [0, 0.05) is 42.9 Å². The summed E-state index contributed by atoms with van der Waals surface area (Å²) in [5.74, 6) is 1.56. The Morgan fingerprint density at radius 1 is 1.21 bits per heavy atom. The molecule has 5 nitrogen and oxygen atoms in total. The molecule has 4 aliphatic rings. The number of hydrogen-bond donors (Lipinski definition) is 1. The van der Waals surface area contributed by atoms with Gasteiger partial charge in [0.15, 0.2) is 0 Å². The van der Waals surface area contributed by atoms with Crippen molar-refractivity contribution < 1.29 is 9.53 Å². The Bertz CT molecular complexity index is 897. The molecule has 5 rings (SSSR count). The lowest BCUT2D eigenvalue weighted by molar-refractivity contribution is 0.0600. The van der Waals surface area contributed by atoms with Crippen molar-refractivity contribution in [2.75, 3.05) is 7.11 Å². The van der Waals surface area contributed by atoms with Crippen LogP contribution in [-0.4, -0.2) is 35.9 Å². The zero-order valence-corrected chi connectivity index (χ0v) is 16.0. The first-order valence-corrected chi connectivity index (χ1v) is 10.0. The topological polar surface area (TPSA) is 53.9 Å². The Morgan fingerprint density at radius 2 is 2.07 bits per heavy atom. The highest BCUT2D eigenvalue weighted by molar-refractivity contribution is 5.91. The molecular weight excluding hydrogens is 350 g/mol. The predicted molar refractivity (Wildman–Crippen MR) is 109 cm³/mol. The van der Waals surface area contributed by atoms with Gasteiger partial charge in [-0.1, -0.05) is 35.9 Å². The second-order valence-electron chi connectivity index (χ2n) is 8.03. The molecule has 28 heavy (non-hydrogen) atoms. The number of nitrogens with one attached hydrogen (secondary N) is 1. The molecule has 4 heterocycles. The molecule has 4 unspecified atom stereocenters. The van der Waals surface area contributed by atoms with Gasteiger partial charge in [0.05, 0.1) is 12.7 Å². The van der Waals surface area contributed by atoms with E-state index in [1.165, 1.54) is 20.0 Å². The van der Waals surface area contributed by atoms with Gasteiger partial charge in [-0.3, -0.25) is 0 Å². The van der Waals surface area contributed by atoms with Crippen LogP contribution in [0.25, 0.3) is 0 Å². The second-order valence-corrected chi connectivity index (χ2v) is 8.03. The number of aliphatic imine (C=N–C) groups is 1. The molecule has 1 N–H and O–H groups in total. The number of allylic oxidation sites excluding steroid dienone is 1. The minimum absolute atomic E-state index is 0.304. The molecule has 0 aromatic heterocycles. The number of nitrogens with zero attached hydrogens (tertiary/aromatic N) is 2. The smallest absolute Gasteiger partial charge is 0.337 e. The van der Waals surface area contributed by atoms with Crippen molar-refractivity contribution >= 4 is 11.8 Å². The summed E-state index contributed by atoms with van der Waals surface area (Å²) in [6.45, 7) is 0.750. The number of methoxy groups -OCH3 is 1. The zero-order valence-electron chi connectivity index (χ0n) is 16.0. The van der Waals surface area contributed by atoms with Gasteiger partial charge >= 0.3 is 5.97 Å². The summed E-state index contributed by atoms with van der Waals surface area (Å²) in [6, 6.07) is 8.81. The number of hydrogen-bond acceptors (Lipinski definition) is 5. The van der Waals surface area contributed by atoms with Gasteiger partial charge in [-0.2, -0.15) is 0 Å². The maximum atomic E-state index is 11.6. The van der Waals surface area contributed by atoms with Gasteiger partial charge in [0.1, 0.15) is 5.84 Å². The van der Waals surface area contributed by atoms with E-state index in [0.29, 0.717) is 29.5 Å². The third-order valence-corrected chi connectivity index (χ3v) is 6.28. The van der Waals surface area contributed by atoms with Crippen molar-refractivity contribution in [2.24, 2.45) is 16.8 Å². The Balaban J connectivity index is 1.31. The third kappa shape index (κ3) is 3.10. The molecular formula is C23H25N3O2. The largest absolute Gasteiger partial charge is 0.465 e. The molecule has 1 saturated heterocycles. The fourth-order valence-electron chi connectivity index (χ4n) is 4.87. The molecule has 5 heteroatoms. The Hall–Kier alpha value is -2.66. The Kier molecular flexibility index (Phi) is 4.40. The third-order valence-electron chi connectivity index (χ3n) is 6.28. The standard InChI is InChI=1S/C23H25N3O2/c1-28-23(27)16-4-2-15(3-5-16)14-26-11-9-21-20(8-10-24-22(21)26)17-12-18-6-7-19(13-17)25-18/h2-5,8-12,18-21,25H,6-7,13-14H2,1H3. The number of amidine groups is 1. The van der Waals surface area contributed by atoms with Gasteiger partial charge in [0.2, 0.25) is 0 Å². The highest BCUT2D eigenvalue weighted by Gasteiger charge is 2.37. The van der Waals surface area contributed by atoms with Crippen molar-refractivity contribution in [2.45, 2.75) is 37.9 Å². The molecule has 0 radical (unpaired) electrons. The van der Waals surface area contributed by atoms with Crippen LogP contribution in [0, 0.1) is 11.8 Å². The van der Waals surface area contributed by atoms with Crippen LogP contribution in [0.2, 0.25) is 0 Å². The summed E-state index contributed by atoms with van der Waals surface area (Å²) in [7, 11) is 1.40. The normalized spacial score (nSPS) is 30.1. The van der Waals surface area contributed by atoms with Crippen LogP contribution in [0.1, 0.15) is 35.2 Å². The zero-order chi connectivity index (χ0) is 19.1. The van der Waals surface area contributed by atoms with Crippen LogP contribution in [0.15, 0.2) is 65.5 Å². The van der Waals surface area contributed by atoms with Crippen molar-refractivity contribution in [3.63, 3.8) is 0 Å². The van der Waals surface area contributed by atoms with Gasteiger partial charge in [0.25, 0.3) is 0 Å². The monoisotopic (exact) mass is 375 g/mol. The molecule has 0 amide bonds.